The van der Waals surface area contributed by atoms with E-state index >= 15 is 0 Å². The zero-order chi connectivity index (χ0) is 12.7. The second-order valence-corrected chi connectivity index (χ2v) is 5.03. The molecule has 98 valence electrons. The zero-order valence-corrected chi connectivity index (χ0v) is 11.3. The van der Waals surface area contributed by atoms with Crippen molar-refractivity contribution < 1.29 is 4.74 Å². The number of methoxy groups -OCH3 is 1. The second kappa shape index (κ2) is 7.65. The molecule has 1 N–H and O–H groups in total. The van der Waals surface area contributed by atoms with Gasteiger partial charge in [0.15, 0.2) is 0 Å². The minimum absolute atomic E-state index is 0.00583. The molecule has 0 amide bonds. The van der Waals surface area contributed by atoms with Gasteiger partial charge in [0.25, 0.3) is 0 Å². The van der Waals surface area contributed by atoms with Crippen LogP contribution in [0.15, 0.2) is 0 Å². The Bertz CT molecular complexity index is 246. The molecule has 0 aromatic carbocycles. The normalized spacial score (nSPS) is 17.4. The van der Waals surface area contributed by atoms with Crippen molar-refractivity contribution in [3.8, 4) is 6.07 Å². The van der Waals surface area contributed by atoms with Gasteiger partial charge in [-0.2, -0.15) is 5.26 Å². The maximum absolute atomic E-state index is 9.07. The van der Waals surface area contributed by atoms with Gasteiger partial charge in [-0.3, -0.25) is 10.2 Å². The van der Waals surface area contributed by atoms with E-state index in [2.05, 4.69) is 30.1 Å². The Labute approximate surface area is 105 Å². The van der Waals surface area contributed by atoms with Crippen molar-refractivity contribution in [2.24, 2.45) is 0 Å². The molecule has 1 aliphatic rings. The Kier molecular flexibility index (Phi) is 6.49. The topological polar surface area (TPSA) is 48.3 Å². The van der Waals surface area contributed by atoms with Gasteiger partial charge in [0, 0.05) is 32.3 Å². The lowest BCUT2D eigenvalue weighted by atomic mass is 10.2. The molecule has 0 spiro atoms. The lowest BCUT2D eigenvalue weighted by molar-refractivity contribution is 0.127. The van der Waals surface area contributed by atoms with Crippen LogP contribution in [-0.4, -0.2) is 49.8 Å². The van der Waals surface area contributed by atoms with Gasteiger partial charge >= 0.3 is 0 Å². The minimum atomic E-state index is 0.00583. The first-order valence-electron chi connectivity index (χ1n) is 6.56. The van der Waals surface area contributed by atoms with Crippen molar-refractivity contribution in [1.82, 2.24) is 10.2 Å². The molecule has 0 aromatic heterocycles. The van der Waals surface area contributed by atoms with Crippen LogP contribution in [0.1, 0.15) is 33.1 Å². The average Bonchev–Trinajstić information content (AvgIpc) is 3.10. The molecular weight excluding hydrogens is 214 g/mol. The van der Waals surface area contributed by atoms with Crippen LogP contribution in [0.2, 0.25) is 0 Å². The standard InChI is InChI=1S/C13H25N3O/c1-11(2)16(8-9-17-3)7-6-13(10-14)15-12-4-5-12/h11-13,15H,4-9H2,1-3H3. The molecule has 0 saturated heterocycles. The maximum Gasteiger partial charge on any atom is 0.0967 e. The fourth-order valence-electron chi connectivity index (χ4n) is 1.85. The van der Waals surface area contributed by atoms with Crippen LogP contribution in [-0.2, 0) is 4.74 Å². The first-order valence-corrected chi connectivity index (χ1v) is 6.56. The van der Waals surface area contributed by atoms with Gasteiger partial charge in [0.05, 0.1) is 18.7 Å². The van der Waals surface area contributed by atoms with Crippen LogP contribution in [0.3, 0.4) is 0 Å². The van der Waals surface area contributed by atoms with Crippen LogP contribution in [0.25, 0.3) is 0 Å². The highest BCUT2D eigenvalue weighted by Gasteiger charge is 2.24. The van der Waals surface area contributed by atoms with Gasteiger partial charge in [-0.15, -0.1) is 0 Å². The number of nitriles is 1. The van der Waals surface area contributed by atoms with E-state index in [9.17, 15) is 0 Å². The second-order valence-electron chi connectivity index (χ2n) is 5.03. The van der Waals surface area contributed by atoms with Gasteiger partial charge < -0.3 is 4.74 Å². The van der Waals surface area contributed by atoms with Crippen LogP contribution in [0.5, 0.6) is 0 Å². The number of hydrogen-bond acceptors (Lipinski definition) is 4. The Morgan fingerprint density at radius 3 is 2.59 bits per heavy atom. The number of nitrogens with one attached hydrogen (secondary N) is 1. The maximum atomic E-state index is 9.07. The van der Waals surface area contributed by atoms with Gasteiger partial charge in [-0.25, -0.2) is 0 Å². The summed E-state index contributed by atoms with van der Waals surface area (Å²) >= 11 is 0. The van der Waals surface area contributed by atoms with Gasteiger partial charge in [0.1, 0.15) is 0 Å². The Morgan fingerprint density at radius 2 is 2.12 bits per heavy atom. The summed E-state index contributed by atoms with van der Waals surface area (Å²) in [6.45, 7) is 7.02. The Balaban J connectivity index is 2.25. The quantitative estimate of drug-likeness (QED) is 0.660. The number of nitrogens with zero attached hydrogens (tertiary/aromatic N) is 2. The Hall–Kier alpha value is -0.630. The summed E-state index contributed by atoms with van der Waals surface area (Å²) in [5.41, 5.74) is 0. The van der Waals surface area contributed by atoms with E-state index in [1.54, 1.807) is 7.11 Å². The summed E-state index contributed by atoms with van der Waals surface area (Å²) in [7, 11) is 1.73. The smallest absolute Gasteiger partial charge is 0.0967 e. The third kappa shape index (κ3) is 6.02. The minimum Gasteiger partial charge on any atom is -0.383 e. The van der Waals surface area contributed by atoms with Crippen molar-refractivity contribution in [2.45, 2.75) is 51.2 Å². The van der Waals surface area contributed by atoms with Crippen molar-refractivity contribution in [2.75, 3.05) is 26.8 Å². The highest BCUT2D eigenvalue weighted by Crippen LogP contribution is 2.19. The lowest BCUT2D eigenvalue weighted by Gasteiger charge is -2.27. The molecule has 0 aliphatic heterocycles. The van der Waals surface area contributed by atoms with E-state index in [4.69, 9.17) is 10.00 Å². The fourth-order valence-corrected chi connectivity index (χ4v) is 1.85. The van der Waals surface area contributed by atoms with Gasteiger partial charge in [-0.1, -0.05) is 0 Å². The molecular formula is C13H25N3O. The molecule has 4 heteroatoms. The SMILES string of the molecule is COCCN(CCC(C#N)NC1CC1)C(C)C. The van der Waals surface area contributed by atoms with Crippen molar-refractivity contribution in [3.63, 3.8) is 0 Å². The molecule has 4 nitrogen and oxygen atoms in total. The molecule has 1 fully saturated rings. The molecule has 0 radical (unpaired) electrons. The summed E-state index contributed by atoms with van der Waals surface area (Å²) in [5.74, 6) is 0. The Morgan fingerprint density at radius 1 is 1.41 bits per heavy atom. The van der Waals surface area contributed by atoms with Crippen molar-refractivity contribution in [1.29, 1.82) is 5.26 Å². The molecule has 17 heavy (non-hydrogen) atoms. The van der Waals surface area contributed by atoms with Crippen LogP contribution < -0.4 is 5.32 Å². The van der Waals surface area contributed by atoms with E-state index in [-0.39, 0.29) is 6.04 Å². The monoisotopic (exact) mass is 239 g/mol. The third-order valence-corrected chi connectivity index (χ3v) is 3.19. The van der Waals surface area contributed by atoms with Crippen LogP contribution >= 0.6 is 0 Å². The summed E-state index contributed by atoms with van der Waals surface area (Å²) < 4.78 is 5.11. The van der Waals surface area contributed by atoms with E-state index in [0.29, 0.717) is 12.1 Å². The van der Waals surface area contributed by atoms with Crippen molar-refractivity contribution >= 4 is 0 Å². The highest BCUT2D eigenvalue weighted by atomic mass is 16.5. The van der Waals surface area contributed by atoms with E-state index in [1.165, 1.54) is 12.8 Å². The predicted molar refractivity (Wildman–Crippen MR) is 68.8 cm³/mol. The molecule has 1 aliphatic carbocycles. The predicted octanol–water partition coefficient (Wildman–Crippen LogP) is 1.38. The summed E-state index contributed by atoms with van der Waals surface area (Å²) in [5, 5.41) is 12.4. The molecule has 1 atom stereocenters. The van der Waals surface area contributed by atoms with Crippen LogP contribution in [0, 0.1) is 11.3 Å². The summed E-state index contributed by atoms with van der Waals surface area (Å²) in [4.78, 5) is 2.36. The number of ether oxygens (including phenoxy) is 1. The van der Waals surface area contributed by atoms with E-state index in [1.807, 2.05) is 0 Å². The molecule has 1 rings (SSSR count). The van der Waals surface area contributed by atoms with Gasteiger partial charge in [-0.05, 0) is 33.1 Å². The van der Waals surface area contributed by atoms with Gasteiger partial charge in [0.2, 0.25) is 0 Å². The number of rotatable bonds is 9. The van der Waals surface area contributed by atoms with Crippen LogP contribution in [0.4, 0.5) is 0 Å². The molecule has 1 unspecified atom stereocenters. The zero-order valence-electron chi connectivity index (χ0n) is 11.3. The highest BCUT2D eigenvalue weighted by molar-refractivity contribution is 4.96. The molecule has 0 bridgehead atoms. The third-order valence-electron chi connectivity index (χ3n) is 3.19. The number of hydrogen-bond donors (Lipinski definition) is 1. The summed E-state index contributed by atoms with van der Waals surface area (Å²) in [6.07, 6.45) is 3.36. The summed E-state index contributed by atoms with van der Waals surface area (Å²) in [6, 6.07) is 3.47. The lowest BCUT2D eigenvalue weighted by Crippen LogP contribution is -2.39. The first kappa shape index (κ1) is 14.4. The first-order chi connectivity index (χ1) is 8.17. The largest absolute Gasteiger partial charge is 0.383 e. The van der Waals surface area contributed by atoms with Crippen molar-refractivity contribution in [3.05, 3.63) is 0 Å². The molecule has 0 aromatic rings. The molecule has 0 heterocycles. The fraction of sp³-hybridized carbons (Fsp3) is 0.923. The molecule has 1 saturated carbocycles. The van der Waals surface area contributed by atoms with E-state index in [0.717, 1.165) is 26.1 Å². The average molecular weight is 239 g/mol. The van der Waals surface area contributed by atoms with E-state index < -0.39 is 0 Å².